The number of nitro groups is 1. The molecule has 0 aliphatic rings. The van der Waals surface area contributed by atoms with Crippen LogP contribution in [0.15, 0.2) is 6.20 Å². The molecule has 2 atom stereocenters. The molecule has 1 aromatic heterocycles. The van der Waals surface area contributed by atoms with Gasteiger partial charge in [0, 0.05) is 6.92 Å². The summed E-state index contributed by atoms with van der Waals surface area (Å²) in [5.41, 5.74) is 0. The number of nitrogens with zero attached hydrogens (tertiary/aromatic N) is 3. The summed E-state index contributed by atoms with van der Waals surface area (Å²) in [4.78, 5) is 48.4. The number of carboxylic acids is 1. The van der Waals surface area contributed by atoms with Crippen molar-refractivity contribution in [3.8, 4) is 0 Å². The van der Waals surface area contributed by atoms with Crippen LogP contribution in [0.2, 0.25) is 0 Å². The molecule has 12 nitrogen and oxygen atoms in total. The Labute approximate surface area is 135 Å². The van der Waals surface area contributed by atoms with Crippen LogP contribution < -0.4 is 10.6 Å². The summed E-state index contributed by atoms with van der Waals surface area (Å²) in [5, 5.41) is 24.3. The van der Waals surface area contributed by atoms with E-state index in [1.807, 2.05) is 0 Å². The Balaban J connectivity index is 2.86. The molecule has 0 aliphatic heterocycles. The maximum atomic E-state index is 12.0. The van der Waals surface area contributed by atoms with Gasteiger partial charge in [0.25, 0.3) is 5.91 Å². The Morgan fingerprint density at radius 1 is 1.50 bits per heavy atom. The first kappa shape index (κ1) is 19.0. The van der Waals surface area contributed by atoms with E-state index in [2.05, 4.69) is 20.4 Å². The highest BCUT2D eigenvalue weighted by atomic mass is 16.6. The van der Waals surface area contributed by atoms with Gasteiger partial charge in [0.15, 0.2) is 18.5 Å². The van der Waals surface area contributed by atoms with Crippen molar-refractivity contribution in [2.75, 3.05) is 7.11 Å². The predicted molar refractivity (Wildman–Crippen MR) is 77.8 cm³/mol. The Bertz CT molecular complexity index is 656. The van der Waals surface area contributed by atoms with Crippen LogP contribution in [0.1, 0.15) is 12.7 Å². The lowest BCUT2D eigenvalue weighted by Crippen LogP contribution is -2.56. The molecule has 0 saturated heterocycles. The van der Waals surface area contributed by atoms with Gasteiger partial charge >= 0.3 is 17.8 Å². The van der Waals surface area contributed by atoms with Gasteiger partial charge in [-0.2, -0.15) is 0 Å². The fourth-order valence-electron chi connectivity index (χ4n) is 1.76. The average Bonchev–Trinajstić information content (AvgIpc) is 2.86. The van der Waals surface area contributed by atoms with Crippen LogP contribution in [0.5, 0.6) is 0 Å². The van der Waals surface area contributed by atoms with Gasteiger partial charge in [0.2, 0.25) is 0 Å². The molecular formula is C12H17N5O7. The zero-order chi connectivity index (χ0) is 18.4. The molecule has 12 heteroatoms. The van der Waals surface area contributed by atoms with Crippen molar-refractivity contribution in [3.63, 3.8) is 0 Å². The number of ether oxygens (including phenoxy) is 1. The highest BCUT2D eigenvalue weighted by Crippen LogP contribution is 2.13. The number of nitrogens with one attached hydrogen (secondary N) is 2. The maximum Gasteiger partial charge on any atom is 0.343 e. The molecule has 0 saturated carbocycles. The van der Waals surface area contributed by atoms with Crippen molar-refractivity contribution in [1.29, 1.82) is 0 Å². The highest BCUT2D eigenvalue weighted by molar-refractivity contribution is 5.85. The predicted octanol–water partition coefficient (Wildman–Crippen LogP) is -1.22. The number of esters is 1. The largest absolute Gasteiger partial charge is 0.480 e. The van der Waals surface area contributed by atoms with Crippen LogP contribution in [0, 0.1) is 17.0 Å². The van der Waals surface area contributed by atoms with Gasteiger partial charge < -0.3 is 25.3 Å². The lowest BCUT2D eigenvalue weighted by Gasteiger charge is -2.20. The number of imidazole rings is 1. The molecule has 0 aliphatic carbocycles. The molecule has 0 radical (unpaired) electrons. The summed E-state index contributed by atoms with van der Waals surface area (Å²) in [7, 11) is 1.07. The number of carbonyl (C=O) groups excluding carboxylic acids is 2. The van der Waals surface area contributed by atoms with Crippen molar-refractivity contribution in [2.24, 2.45) is 0 Å². The molecule has 0 bridgehead atoms. The molecule has 132 valence electrons. The summed E-state index contributed by atoms with van der Waals surface area (Å²) < 4.78 is 5.52. The van der Waals surface area contributed by atoms with Crippen LogP contribution in [0.4, 0.5) is 5.82 Å². The minimum atomic E-state index is -1.42. The summed E-state index contributed by atoms with van der Waals surface area (Å²) in [6, 6.07) is -1.14. The second-order valence-electron chi connectivity index (χ2n) is 4.76. The first-order valence-corrected chi connectivity index (χ1v) is 6.70. The number of aryl methyl sites for hydroxylation is 1. The van der Waals surface area contributed by atoms with Crippen molar-refractivity contribution in [2.45, 2.75) is 32.6 Å². The maximum absolute atomic E-state index is 12.0. The van der Waals surface area contributed by atoms with E-state index in [1.54, 1.807) is 0 Å². The van der Waals surface area contributed by atoms with Gasteiger partial charge in [-0.3, -0.25) is 14.9 Å². The van der Waals surface area contributed by atoms with E-state index in [0.29, 0.717) is 0 Å². The smallest absolute Gasteiger partial charge is 0.343 e. The van der Waals surface area contributed by atoms with Gasteiger partial charge in [-0.05, 0) is 11.8 Å². The van der Waals surface area contributed by atoms with Gasteiger partial charge in [0.05, 0.1) is 7.11 Å². The molecule has 1 unspecified atom stereocenters. The van der Waals surface area contributed by atoms with E-state index in [1.165, 1.54) is 13.8 Å². The standard InChI is InChI=1S/C12H17N5O7/c1-6(11(19)20)14-10(12(21)24-3)15-8(18)5-16-7(2)13-4-9(16)17(22)23/h4,6,10,14H,5H2,1-3H3,(H,15,18)(H,19,20)/t6-,10?/m0/s1. The SMILES string of the molecule is COC(=O)C(NC(=O)Cn1c([N+](=O)[O-])cnc1C)N[C@@H](C)C(=O)O. The first-order valence-electron chi connectivity index (χ1n) is 6.70. The monoisotopic (exact) mass is 343 g/mol. The van der Waals surface area contributed by atoms with Crippen molar-refractivity contribution in [3.05, 3.63) is 22.1 Å². The zero-order valence-corrected chi connectivity index (χ0v) is 13.2. The average molecular weight is 343 g/mol. The number of methoxy groups -OCH3 is 1. The Morgan fingerprint density at radius 2 is 2.12 bits per heavy atom. The van der Waals surface area contributed by atoms with Crippen molar-refractivity contribution < 1.29 is 29.2 Å². The second kappa shape index (κ2) is 8.01. The third-order valence-electron chi connectivity index (χ3n) is 3.05. The van der Waals surface area contributed by atoms with E-state index in [9.17, 15) is 24.5 Å². The lowest BCUT2D eigenvalue weighted by atomic mass is 10.3. The first-order chi connectivity index (χ1) is 11.2. The Kier molecular flexibility index (Phi) is 6.35. The molecule has 1 amide bonds. The Hall–Kier alpha value is -3.02. The van der Waals surface area contributed by atoms with E-state index in [-0.39, 0.29) is 11.6 Å². The highest BCUT2D eigenvalue weighted by Gasteiger charge is 2.27. The molecule has 24 heavy (non-hydrogen) atoms. The van der Waals surface area contributed by atoms with E-state index < -0.39 is 41.5 Å². The fraction of sp³-hybridized carbons (Fsp3) is 0.500. The number of rotatable bonds is 8. The molecule has 1 heterocycles. The molecule has 3 N–H and O–H groups in total. The Morgan fingerprint density at radius 3 is 2.62 bits per heavy atom. The molecule has 1 rings (SSSR count). The van der Waals surface area contributed by atoms with Crippen molar-refractivity contribution in [1.82, 2.24) is 20.2 Å². The second-order valence-corrected chi connectivity index (χ2v) is 4.76. The number of hydrogen-bond acceptors (Lipinski definition) is 8. The number of aliphatic carboxylic acids is 1. The van der Waals surface area contributed by atoms with Crippen LogP contribution in [-0.4, -0.2) is 56.7 Å². The minimum absolute atomic E-state index is 0.235. The summed E-state index contributed by atoms with van der Waals surface area (Å²) >= 11 is 0. The number of hydrogen-bond donors (Lipinski definition) is 3. The fourth-order valence-corrected chi connectivity index (χ4v) is 1.76. The minimum Gasteiger partial charge on any atom is -0.480 e. The summed E-state index contributed by atoms with van der Waals surface area (Å²) in [5.74, 6) is -3.06. The molecule has 0 aromatic carbocycles. The third-order valence-corrected chi connectivity index (χ3v) is 3.05. The summed E-state index contributed by atoms with van der Waals surface area (Å²) in [6.07, 6.45) is -0.415. The van der Waals surface area contributed by atoms with Gasteiger partial charge in [-0.25, -0.2) is 14.3 Å². The molecule has 0 fully saturated rings. The van der Waals surface area contributed by atoms with E-state index >= 15 is 0 Å². The molecule has 1 aromatic rings. The number of carbonyl (C=O) groups is 3. The van der Waals surface area contributed by atoms with Gasteiger partial charge in [-0.1, -0.05) is 0 Å². The van der Waals surface area contributed by atoms with Crippen LogP contribution >= 0.6 is 0 Å². The lowest BCUT2D eigenvalue weighted by molar-refractivity contribution is -0.392. The third kappa shape index (κ3) is 4.74. The normalized spacial score (nSPS) is 13.0. The van der Waals surface area contributed by atoms with Crippen molar-refractivity contribution >= 4 is 23.7 Å². The molecule has 0 spiro atoms. The summed E-state index contributed by atoms with van der Waals surface area (Å²) in [6.45, 7) is 2.27. The van der Waals surface area contributed by atoms with Gasteiger partial charge in [0.1, 0.15) is 12.2 Å². The van der Waals surface area contributed by atoms with E-state index in [4.69, 9.17) is 5.11 Å². The van der Waals surface area contributed by atoms with Crippen LogP contribution in [0.3, 0.4) is 0 Å². The number of carboxylic acid groups (broad SMARTS) is 1. The van der Waals surface area contributed by atoms with Crippen LogP contribution in [-0.2, 0) is 25.7 Å². The quantitative estimate of drug-likeness (QED) is 0.227. The number of aromatic nitrogens is 2. The van der Waals surface area contributed by atoms with Gasteiger partial charge in [-0.15, -0.1) is 0 Å². The van der Waals surface area contributed by atoms with E-state index in [0.717, 1.165) is 17.9 Å². The zero-order valence-electron chi connectivity index (χ0n) is 13.2. The van der Waals surface area contributed by atoms with Crippen LogP contribution in [0.25, 0.3) is 0 Å². The molecular weight excluding hydrogens is 326 g/mol. The topological polar surface area (TPSA) is 166 Å². The number of amides is 1.